The SMILES string of the molecule is COP(=O)(Cc1cc(Br)ccc1C(=O)C(C#N)C(=O)C1CC1)OC. The molecule has 128 valence electrons. The molecule has 0 aliphatic heterocycles. The lowest BCUT2D eigenvalue weighted by molar-refractivity contribution is -0.121. The molecule has 1 unspecified atom stereocenters. The summed E-state index contributed by atoms with van der Waals surface area (Å²) in [4.78, 5) is 24.9. The second kappa shape index (κ2) is 7.71. The molecule has 0 bridgehead atoms. The van der Waals surface area contributed by atoms with Gasteiger partial charge >= 0.3 is 7.60 Å². The van der Waals surface area contributed by atoms with Gasteiger partial charge in [0.2, 0.25) is 0 Å². The van der Waals surface area contributed by atoms with Crippen LogP contribution in [0.4, 0.5) is 0 Å². The van der Waals surface area contributed by atoms with Gasteiger partial charge in [0.15, 0.2) is 17.5 Å². The van der Waals surface area contributed by atoms with Crippen molar-refractivity contribution in [1.29, 1.82) is 5.26 Å². The highest BCUT2D eigenvalue weighted by Crippen LogP contribution is 2.50. The Balaban J connectivity index is 2.38. The Bertz CT molecular complexity index is 745. The van der Waals surface area contributed by atoms with Crippen LogP contribution in [0.5, 0.6) is 0 Å². The van der Waals surface area contributed by atoms with Gasteiger partial charge in [-0.1, -0.05) is 15.9 Å². The number of benzene rings is 1. The number of nitrogens with zero attached hydrogens (tertiary/aromatic N) is 1. The first-order chi connectivity index (χ1) is 11.3. The highest BCUT2D eigenvalue weighted by atomic mass is 79.9. The van der Waals surface area contributed by atoms with Gasteiger partial charge in [-0.15, -0.1) is 0 Å². The molecule has 0 radical (unpaired) electrons. The number of rotatable bonds is 8. The molecule has 2 rings (SSSR count). The number of ketones is 2. The highest BCUT2D eigenvalue weighted by molar-refractivity contribution is 9.10. The zero-order chi connectivity index (χ0) is 17.9. The van der Waals surface area contributed by atoms with Crippen LogP contribution in [0.25, 0.3) is 0 Å². The summed E-state index contributed by atoms with van der Waals surface area (Å²) < 4.78 is 22.9. The molecule has 0 aromatic heterocycles. The molecule has 1 aromatic carbocycles. The van der Waals surface area contributed by atoms with Crippen LogP contribution in [0, 0.1) is 23.2 Å². The molecule has 0 heterocycles. The lowest BCUT2D eigenvalue weighted by Gasteiger charge is -2.17. The predicted octanol–water partition coefficient (Wildman–Crippen LogP) is 3.74. The first-order valence-electron chi connectivity index (χ1n) is 7.31. The summed E-state index contributed by atoms with van der Waals surface area (Å²) in [5.41, 5.74) is 0.596. The summed E-state index contributed by atoms with van der Waals surface area (Å²) in [7, 11) is -0.875. The lowest BCUT2D eigenvalue weighted by Crippen LogP contribution is -2.25. The molecule has 1 atom stereocenters. The van der Waals surface area contributed by atoms with Crippen LogP contribution < -0.4 is 0 Å². The fourth-order valence-corrected chi connectivity index (χ4v) is 3.85. The van der Waals surface area contributed by atoms with E-state index in [-0.39, 0.29) is 23.4 Å². The Hall–Kier alpha value is -1.32. The largest absolute Gasteiger partial charge is 0.334 e. The minimum atomic E-state index is -3.40. The van der Waals surface area contributed by atoms with Gasteiger partial charge in [0.25, 0.3) is 0 Å². The topological polar surface area (TPSA) is 93.5 Å². The molecule has 1 aliphatic carbocycles. The fourth-order valence-electron chi connectivity index (χ4n) is 2.36. The molecule has 8 heteroatoms. The summed E-state index contributed by atoms with van der Waals surface area (Å²) in [6, 6.07) is 6.58. The number of hydrogen-bond donors (Lipinski definition) is 0. The number of carbonyl (C=O) groups is 2. The van der Waals surface area contributed by atoms with Crippen molar-refractivity contribution in [3.8, 4) is 6.07 Å². The van der Waals surface area contributed by atoms with E-state index in [4.69, 9.17) is 9.05 Å². The van der Waals surface area contributed by atoms with Crippen molar-refractivity contribution in [2.24, 2.45) is 11.8 Å². The van der Waals surface area contributed by atoms with Gasteiger partial charge in [-0.25, -0.2) is 0 Å². The van der Waals surface area contributed by atoms with Crippen molar-refractivity contribution >= 4 is 35.1 Å². The van der Waals surface area contributed by atoms with Gasteiger partial charge < -0.3 is 9.05 Å². The van der Waals surface area contributed by atoms with E-state index >= 15 is 0 Å². The maximum atomic E-state index is 12.7. The summed E-state index contributed by atoms with van der Waals surface area (Å²) in [6.07, 6.45) is 1.32. The first kappa shape index (κ1) is 19.0. The third-order valence-corrected chi connectivity index (χ3v) is 6.24. The normalized spacial score (nSPS) is 15.6. The zero-order valence-corrected chi connectivity index (χ0v) is 15.8. The van der Waals surface area contributed by atoms with Crippen LogP contribution in [0.3, 0.4) is 0 Å². The fraction of sp³-hybridized carbons (Fsp3) is 0.438. The molecule has 1 aromatic rings. The second-order valence-electron chi connectivity index (χ2n) is 5.54. The van der Waals surface area contributed by atoms with E-state index in [2.05, 4.69) is 15.9 Å². The Labute approximate surface area is 148 Å². The first-order valence-corrected chi connectivity index (χ1v) is 9.83. The van der Waals surface area contributed by atoms with Gasteiger partial charge in [-0.05, 0) is 36.6 Å². The Kier molecular flexibility index (Phi) is 6.11. The van der Waals surface area contributed by atoms with Gasteiger partial charge in [-0.2, -0.15) is 5.26 Å². The van der Waals surface area contributed by atoms with E-state index in [0.717, 1.165) is 12.8 Å². The van der Waals surface area contributed by atoms with E-state index in [1.165, 1.54) is 20.3 Å². The zero-order valence-electron chi connectivity index (χ0n) is 13.3. The molecule has 0 saturated heterocycles. The van der Waals surface area contributed by atoms with Crippen LogP contribution in [0.15, 0.2) is 22.7 Å². The summed E-state index contributed by atoms with van der Waals surface area (Å²) >= 11 is 3.30. The van der Waals surface area contributed by atoms with E-state index in [1.807, 2.05) is 6.07 Å². The van der Waals surface area contributed by atoms with Crippen molar-refractivity contribution in [2.75, 3.05) is 14.2 Å². The van der Waals surface area contributed by atoms with E-state index in [0.29, 0.717) is 10.0 Å². The van der Waals surface area contributed by atoms with Crippen molar-refractivity contribution in [3.63, 3.8) is 0 Å². The van der Waals surface area contributed by atoms with E-state index in [1.54, 1.807) is 12.1 Å². The average molecular weight is 414 g/mol. The van der Waals surface area contributed by atoms with Crippen molar-refractivity contribution in [1.82, 2.24) is 0 Å². The molecular formula is C16H17BrNO5P. The molecule has 6 nitrogen and oxygen atoms in total. The summed E-state index contributed by atoms with van der Waals surface area (Å²) in [5, 5.41) is 9.27. The Morgan fingerprint density at radius 2 is 2.00 bits per heavy atom. The Morgan fingerprint density at radius 1 is 1.38 bits per heavy atom. The van der Waals surface area contributed by atoms with Crippen LogP contribution in [0.1, 0.15) is 28.8 Å². The van der Waals surface area contributed by atoms with Gasteiger partial charge in [0.1, 0.15) is 0 Å². The second-order valence-corrected chi connectivity index (χ2v) is 8.72. The van der Waals surface area contributed by atoms with Crippen molar-refractivity contribution in [3.05, 3.63) is 33.8 Å². The maximum absolute atomic E-state index is 12.7. The predicted molar refractivity (Wildman–Crippen MR) is 90.6 cm³/mol. The van der Waals surface area contributed by atoms with E-state index < -0.39 is 19.3 Å². The number of nitriles is 1. The lowest BCUT2D eigenvalue weighted by atomic mass is 9.90. The van der Waals surface area contributed by atoms with Crippen LogP contribution >= 0.6 is 23.5 Å². The quantitative estimate of drug-likeness (QED) is 0.366. The smallest absolute Gasteiger partial charge is 0.312 e. The minimum absolute atomic E-state index is 0.129. The third-order valence-electron chi connectivity index (χ3n) is 3.91. The van der Waals surface area contributed by atoms with Crippen molar-refractivity contribution in [2.45, 2.75) is 19.0 Å². The van der Waals surface area contributed by atoms with Crippen LogP contribution in [-0.4, -0.2) is 25.8 Å². The van der Waals surface area contributed by atoms with Crippen LogP contribution in [0.2, 0.25) is 0 Å². The highest BCUT2D eigenvalue weighted by Gasteiger charge is 2.39. The molecule has 1 fully saturated rings. The van der Waals surface area contributed by atoms with Gasteiger partial charge in [0.05, 0.1) is 12.2 Å². The van der Waals surface area contributed by atoms with E-state index in [9.17, 15) is 19.4 Å². The third kappa shape index (κ3) is 4.20. The average Bonchev–Trinajstić information content (AvgIpc) is 3.40. The van der Waals surface area contributed by atoms with Crippen molar-refractivity contribution < 1.29 is 23.2 Å². The molecule has 1 aliphatic rings. The summed E-state index contributed by atoms with van der Waals surface area (Å²) in [5.74, 6) is -2.43. The monoisotopic (exact) mass is 413 g/mol. The minimum Gasteiger partial charge on any atom is -0.312 e. The number of halogens is 1. The summed E-state index contributed by atoms with van der Waals surface area (Å²) in [6.45, 7) is 0. The molecule has 0 spiro atoms. The number of hydrogen-bond acceptors (Lipinski definition) is 6. The van der Waals surface area contributed by atoms with Crippen LogP contribution in [-0.2, 0) is 24.6 Å². The molecular weight excluding hydrogens is 397 g/mol. The molecule has 0 N–H and O–H groups in total. The molecule has 0 amide bonds. The molecule has 24 heavy (non-hydrogen) atoms. The number of carbonyl (C=O) groups excluding carboxylic acids is 2. The van der Waals surface area contributed by atoms with Gasteiger partial charge in [-0.3, -0.25) is 14.2 Å². The standard InChI is InChI=1S/C16H17BrNO5P/c1-22-24(21,23-2)9-11-7-12(17)5-6-13(11)16(20)14(8-18)15(19)10-3-4-10/h5-7,10,14H,3-4,9H2,1-2H3. The number of Topliss-reactive ketones (excluding diaryl/α,β-unsaturated/α-hetero) is 2. The molecule has 1 saturated carbocycles. The maximum Gasteiger partial charge on any atom is 0.334 e. The van der Waals surface area contributed by atoms with Gasteiger partial charge in [0, 0.05) is 30.2 Å². The Morgan fingerprint density at radius 3 is 2.50 bits per heavy atom.